The van der Waals surface area contributed by atoms with Gasteiger partial charge in [-0.15, -0.1) is 11.3 Å². The van der Waals surface area contributed by atoms with Crippen molar-refractivity contribution >= 4 is 38.2 Å². The van der Waals surface area contributed by atoms with Crippen molar-refractivity contribution in [3.05, 3.63) is 86.3 Å². The van der Waals surface area contributed by atoms with Crippen LogP contribution in [0.2, 0.25) is 0 Å². The van der Waals surface area contributed by atoms with E-state index in [2.05, 4.69) is 4.98 Å². The molecule has 9 nitrogen and oxygen atoms in total. The predicted octanol–water partition coefficient (Wildman–Crippen LogP) is 4.17. The van der Waals surface area contributed by atoms with Crippen LogP contribution in [0.25, 0.3) is 10.9 Å². The van der Waals surface area contributed by atoms with Gasteiger partial charge in [0.1, 0.15) is 0 Å². The molecule has 0 saturated carbocycles. The number of benzene rings is 2. The number of H-pyrrole nitrogens is 1. The summed E-state index contributed by atoms with van der Waals surface area (Å²) in [6.45, 7) is 1.81. The number of carbonyl (C=O) groups excluding carboxylic acids is 1. The number of rotatable bonds is 10. The zero-order valence-corrected chi connectivity index (χ0v) is 22.1. The van der Waals surface area contributed by atoms with E-state index >= 15 is 0 Å². The van der Waals surface area contributed by atoms with Crippen molar-refractivity contribution in [3.8, 4) is 11.5 Å². The third-order valence-corrected chi connectivity index (χ3v) is 8.35. The van der Waals surface area contributed by atoms with E-state index in [9.17, 15) is 18.0 Å². The van der Waals surface area contributed by atoms with Gasteiger partial charge in [0.15, 0.2) is 11.5 Å². The Morgan fingerprint density at radius 2 is 1.70 bits per heavy atom. The lowest BCUT2D eigenvalue weighted by atomic mass is 10.1. The van der Waals surface area contributed by atoms with Gasteiger partial charge in [0, 0.05) is 35.0 Å². The minimum absolute atomic E-state index is 0.000674. The van der Waals surface area contributed by atoms with Crippen LogP contribution in [0.15, 0.2) is 69.7 Å². The summed E-state index contributed by atoms with van der Waals surface area (Å²) in [5, 5.41) is 2.52. The van der Waals surface area contributed by atoms with Gasteiger partial charge >= 0.3 is 5.97 Å². The van der Waals surface area contributed by atoms with Gasteiger partial charge in [-0.1, -0.05) is 6.07 Å². The SMILES string of the molecule is CCOC(=O)c1ccc(S(=O)(=O)N(Cc2cccs2)Cc2cc3cc(OC)c(OC)cc3[nH]c2=O)cc1. The Hall–Kier alpha value is -3.67. The Kier molecular flexibility index (Phi) is 7.96. The maximum absolute atomic E-state index is 13.7. The van der Waals surface area contributed by atoms with E-state index in [1.54, 1.807) is 25.1 Å². The van der Waals surface area contributed by atoms with Crippen molar-refractivity contribution in [2.75, 3.05) is 20.8 Å². The average Bonchev–Trinajstić information content (AvgIpc) is 3.41. The number of nitrogens with one attached hydrogen (secondary N) is 1. The number of aromatic amines is 1. The topological polar surface area (TPSA) is 115 Å². The first-order valence-corrected chi connectivity index (χ1v) is 13.7. The molecule has 37 heavy (non-hydrogen) atoms. The van der Waals surface area contributed by atoms with E-state index in [1.165, 1.54) is 54.1 Å². The molecule has 0 bridgehead atoms. The molecule has 0 fully saturated rings. The third-order valence-electron chi connectivity index (χ3n) is 5.69. The lowest BCUT2D eigenvalue weighted by Gasteiger charge is -2.22. The van der Waals surface area contributed by atoms with E-state index in [0.29, 0.717) is 22.4 Å². The van der Waals surface area contributed by atoms with Crippen molar-refractivity contribution in [2.24, 2.45) is 0 Å². The van der Waals surface area contributed by atoms with Crippen molar-refractivity contribution in [1.29, 1.82) is 0 Å². The van der Waals surface area contributed by atoms with Gasteiger partial charge in [-0.2, -0.15) is 4.31 Å². The Morgan fingerprint density at radius 3 is 2.32 bits per heavy atom. The number of hydrogen-bond acceptors (Lipinski definition) is 8. The second-order valence-electron chi connectivity index (χ2n) is 8.02. The van der Waals surface area contributed by atoms with E-state index in [-0.39, 0.29) is 35.7 Å². The molecule has 0 radical (unpaired) electrons. The first-order valence-electron chi connectivity index (χ1n) is 11.3. The number of esters is 1. The minimum Gasteiger partial charge on any atom is -0.493 e. The Labute approximate surface area is 218 Å². The number of sulfonamides is 1. The van der Waals surface area contributed by atoms with Gasteiger partial charge in [-0.05, 0) is 54.8 Å². The molecule has 0 aliphatic heterocycles. The maximum Gasteiger partial charge on any atom is 0.338 e. The van der Waals surface area contributed by atoms with E-state index in [1.807, 2.05) is 17.5 Å². The molecule has 2 aromatic heterocycles. The van der Waals surface area contributed by atoms with E-state index in [4.69, 9.17) is 14.2 Å². The smallest absolute Gasteiger partial charge is 0.338 e. The molecule has 2 aromatic carbocycles. The fourth-order valence-corrected chi connectivity index (χ4v) is 6.01. The van der Waals surface area contributed by atoms with Crippen LogP contribution in [0, 0.1) is 0 Å². The molecular weight excluding hydrogens is 516 g/mol. The summed E-state index contributed by atoms with van der Waals surface area (Å²) < 4.78 is 44.3. The summed E-state index contributed by atoms with van der Waals surface area (Å²) >= 11 is 1.42. The van der Waals surface area contributed by atoms with Crippen molar-refractivity contribution < 1.29 is 27.4 Å². The molecule has 11 heteroatoms. The number of carbonyl (C=O) groups is 1. The molecule has 0 saturated heterocycles. The van der Waals surface area contributed by atoms with Crippen molar-refractivity contribution in [2.45, 2.75) is 24.9 Å². The fourth-order valence-electron chi connectivity index (χ4n) is 3.81. The summed E-state index contributed by atoms with van der Waals surface area (Å²) in [6, 6.07) is 14.3. The molecule has 0 atom stereocenters. The summed E-state index contributed by atoms with van der Waals surface area (Å²) in [7, 11) is -1.02. The molecular formula is C26H26N2O7S2. The van der Waals surface area contributed by atoms with Gasteiger partial charge in [0.05, 0.1) is 36.8 Å². The molecule has 1 N–H and O–H groups in total. The molecule has 4 aromatic rings. The highest BCUT2D eigenvalue weighted by Gasteiger charge is 2.27. The molecule has 194 valence electrons. The minimum atomic E-state index is -4.03. The molecule has 0 amide bonds. The number of pyridine rings is 1. The van der Waals surface area contributed by atoms with Crippen LogP contribution < -0.4 is 15.0 Å². The second-order valence-corrected chi connectivity index (χ2v) is 11.0. The van der Waals surface area contributed by atoms with Crippen LogP contribution in [0.1, 0.15) is 27.7 Å². The van der Waals surface area contributed by atoms with Crippen LogP contribution in [-0.4, -0.2) is 44.5 Å². The monoisotopic (exact) mass is 542 g/mol. The second kappa shape index (κ2) is 11.2. The Bertz CT molecular complexity index is 1560. The molecule has 2 heterocycles. The first kappa shape index (κ1) is 26.4. The predicted molar refractivity (Wildman–Crippen MR) is 141 cm³/mol. The van der Waals surface area contributed by atoms with Crippen molar-refractivity contribution in [3.63, 3.8) is 0 Å². The highest BCUT2D eigenvalue weighted by atomic mass is 32.2. The van der Waals surface area contributed by atoms with Crippen LogP contribution in [0.4, 0.5) is 0 Å². The summed E-state index contributed by atoms with van der Waals surface area (Å²) in [4.78, 5) is 28.6. The van der Waals surface area contributed by atoms with E-state index < -0.39 is 21.6 Å². The fraction of sp³-hybridized carbons (Fsp3) is 0.231. The van der Waals surface area contributed by atoms with Crippen LogP contribution >= 0.6 is 11.3 Å². The number of ether oxygens (including phenoxy) is 3. The zero-order chi connectivity index (χ0) is 26.6. The third kappa shape index (κ3) is 5.68. The number of methoxy groups -OCH3 is 2. The normalized spacial score (nSPS) is 11.6. The van der Waals surface area contributed by atoms with Crippen LogP contribution in [0.5, 0.6) is 11.5 Å². The largest absolute Gasteiger partial charge is 0.493 e. The number of hydrogen-bond donors (Lipinski definition) is 1. The standard InChI is InChI=1S/C26H26N2O7S2/c1-4-35-26(30)17-7-9-21(10-8-17)37(31,32)28(16-20-6-5-11-36-20)15-19-12-18-13-23(33-2)24(34-3)14-22(18)27-25(19)29/h5-14H,4,15-16H2,1-3H3,(H,27,29). The van der Waals surface area contributed by atoms with Crippen molar-refractivity contribution in [1.82, 2.24) is 9.29 Å². The molecule has 0 aliphatic rings. The van der Waals surface area contributed by atoms with Gasteiger partial charge in [-0.25, -0.2) is 13.2 Å². The molecule has 0 spiro atoms. The maximum atomic E-state index is 13.7. The van der Waals surface area contributed by atoms with E-state index in [0.717, 1.165) is 4.88 Å². The summed E-state index contributed by atoms with van der Waals surface area (Å²) in [6.07, 6.45) is 0. The lowest BCUT2D eigenvalue weighted by molar-refractivity contribution is 0.0526. The van der Waals surface area contributed by atoms with Crippen LogP contribution in [-0.2, 0) is 27.8 Å². The highest BCUT2D eigenvalue weighted by molar-refractivity contribution is 7.89. The molecule has 4 rings (SSSR count). The first-order chi connectivity index (χ1) is 17.8. The summed E-state index contributed by atoms with van der Waals surface area (Å²) in [5.74, 6) is 0.418. The zero-order valence-electron chi connectivity index (χ0n) is 20.5. The lowest BCUT2D eigenvalue weighted by Crippen LogP contribution is -2.32. The Morgan fingerprint density at radius 1 is 1.00 bits per heavy atom. The molecule has 0 aliphatic carbocycles. The highest BCUT2D eigenvalue weighted by Crippen LogP contribution is 2.31. The molecule has 0 unspecified atom stereocenters. The number of fused-ring (bicyclic) bond motifs is 1. The number of aromatic nitrogens is 1. The van der Waals surface area contributed by atoms with Gasteiger partial charge in [0.2, 0.25) is 10.0 Å². The van der Waals surface area contributed by atoms with Gasteiger partial charge < -0.3 is 19.2 Å². The average molecular weight is 543 g/mol. The van der Waals surface area contributed by atoms with Crippen LogP contribution in [0.3, 0.4) is 0 Å². The van der Waals surface area contributed by atoms with Gasteiger partial charge in [-0.3, -0.25) is 4.79 Å². The Balaban J connectivity index is 1.73. The number of thiophene rings is 1. The summed E-state index contributed by atoms with van der Waals surface area (Å²) in [5.41, 5.74) is 0.640. The quantitative estimate of drug-likeness (QED) is 0.299. The number of nitrogens with zero attached hydrogens (tertiary/aromatic N) is 1. The van der Waals surface area contributed by atoms with Gasteiger partial charge in [0.25, 0.3) is 5.56 Å².